The zero-order chi connectivity index (χ0) is 57.5. The Morgan fingerprint density at radius 1 is 0.430 bits per heavy atom. The molecule has 0 spiro atoms. The Morgan fingerprint density at radius 3 is 1.32 bits per heavy atom. The van der Waals surface area contributed by atoms with Gasteiger partial charge in [-0.05, 0) is 109 Å². The number of hydrogen-bond acceptors (Lipinski definition) is 11. The van der Waals surface area contributed by atoms with E-state index in [-0.39, 0.29) is 25.9 Å². The van der Waals surface area contributed by atoms with Crippen LogP contribution in [0.1, 0.15) is 252 Å². The molecule has 1 aliphatic rings. The minimum absolute atomic E-state index is 0.0336. The van der Waals surface area contributed by atoms with Crippen molar-refractivity contribution in [1.29, 1.82) is 0 Å². The molecule has 0 aromatic rings. The number of ether oxygens (including phenoxy) is 5. The number of unbranched alkanes of at least 4 members (excludes halogenated alkanes) is 22. The highest BCUT2D eigenvalue weighted by Crippen LogP contribution is 2.26. The second kappa shape index (κ2) is 54.2. The Bertz CT molecular complexity index is 1740. The third-order valence-corrected chi connectivity index (χ3v) is 13.6. The van der Waals surface area contributed by atoms with E-state index in [1.165, 1.54) is 83.5 Å². The molecule has 0 bridgehead atoms. The lowest BCUT2D eigenvalue weighted by molar-refractivity contribution is -0.301. The van der Waals surface area contributed by atoms with Crippen molar-refractivity contribution in [3.8, 4) is 0 Å². The first-order valence-corrected chi connectivity index (χ1v) is 31.2. The lowest BCUT2D eigenvalue weighted by Gasteiger charge is -2.40. The van der Waals surface area contributed by atoms with Gasteiger partial charge < -0.3 is 39.0 Å². The van der Waals surface area contributed by atoms with Crippen molar-refractivity contribution in [3.05, 3.63) is 97.2 Å². The molecule has 12 nitrogen and oxygen atoms in total. The van der Waals surface area contributed by atoms with Crippen molar-refractivity contribution in [2.45, 2.75) is 289 Å². The number of carboxylic acids is 1. The SMILES string of the molecule is CC/C=C\C/C=C\C/C=C\C/C=C\C/C=C\CCCC(=O)OC(COC(=O)CCCCCCCCCCC/C=C\CCCCCCCC)COC1OC(C(=O)O)C(O)C(O)C1OC(=O)CCCCCCC/C=C\C/C=C\CCC. The molecule has 79 heavy (non-hydrogen) atoms. The van der Waals surface area contributed by atoms with Crippen LogP contribution < -0.4 is 0 Å². The van der Waals surface area contributed by atoms with Gasteiger partial charge in [-0.15, -0.1) is 0 Å². The van der Waals surface area contributed by atoms with Crippen LogP contribution in [0.4, 0.5) is 0 Å². The molecule has 0 aliphatic carbocycles. The van der Waals surface area contributed by atoms with E-state index in [1.807, 2.05) is 12.2 Å². The number of rotatable bonds is 52. The summed E-state index contributed by atoms with van der Waals surface area (Å²) in [5.41, 5.74) is 0. The van der Waals surface area contributed by atoms with Gasteiger partial charge >= 0.3 is 23.9 Å². The normalized spacial score (nSPS) is 18.5. The van der Waals surface area contributed by atoms with Crippen LogP contribution in [0.25, 0.3) is 0 Å². The van der Waals surface area contributed by atoms with Gasteiger partial charge in [-0.3, -0.25) is 14.4 Å². The highest BCUT2D eigenvalue weighted by Gasteiger charge is 2.50. The molecule has 1 aliphatic heterocycles. The van der Waals surface area contributed by atoms with Gasteiger partial charge in [0.25, 0.3) is 0 Å². The summed E-state index contributed by atoms with van der Waals surface area (Å²) in [7, 11) is 0. The van der Waals surface area contributed by atoms with Crippen molar-refractivity contribution >= 4 is 23.9 Å². The molecule has 0 aromatic carbocycles. The van der Waals surface area contributed by atoms with Crippen molar-refractivity contribution in [1.82, 2.24) is 0 Å². The number of carbonyl (C=O) groups is 4. The molecule has 1 fully saturated rings. The van der Waals surface area contributed by atoms with Crippen molar-refractivity contribution in [2.75, 3.05) is 13.2 Å². The van der Waals surface area contributed by atoms with E-state index in [0.29, 0.717) is 25.7 Å². The van der Waals surface area contributed by atoms with Crippen LogP contribution in [0.2, 0.25) is 0 Å². The van der Waals surface area contributed by atoms with Gasteiger partial charge in [0, 0.05) is 19.3 Å². The first-order chi connectivity index (χ1) is 38.6. The molecule has 0 aromatic heterocycles. The summed E-state index contributed by atoms with van der Waals surface area (Å²) in [6.45, 7) is 5.76. The standard InChI is InChI=1S/C67H110O12/c1-4-7-10-13-16-19-22-25-27-29-30-32-33-36-38-41-44-47-50-53-59(68)75-56-58(77-60(69)54-51-48-45-42-40-37-34-31-28-26-23-20-17-14-11-8-5-2)57-76-67-65(63(72)62(71)64(79-67)66(73)74)78-61(70)55-52-49-46-43-39-35-24-21-18-15-12-9-6-3/h8,11-12,15,17,20-21,24-28,34,37,42,45,58,62-65,67,71-72H,4-7,9-10,13-14,16,18-19,22-23,29-33,35-36,38-41,43-44,46-57H2,1-3H3,(H,73,74)/b11-8-,15-12-,20-17-,24-21-,27-25-,28-26-,37-34-,45-42-. The maximum absolute atomic E-state index is 13.2. The number of esters is 3. The molecule has 450 valence electrons. The fourth-order valence-electron chi connectivity index (χ4n) is 8.85. The summed E-state index contributed by atoms with van der Waals surface area (Å²) in [5.74, 6) is -3.22. The molecule has 0 amide bonds. The maximum atomic E-state index is 13.2. The monoisotopic (exact) mass is 1110 g/mol. The van der Waals surface area contributed by atoms with Crippen LogP contribution in [0.3, 0.4) is 0 Å². The molecule has 12 heteroatoms. The Hall–Kier alpha value is -4.36. The molecular formula is C67H110O12. The molecule has 1 saturated heterocycles. The smallest absolute Gasteiger partial charge is 0.335 e. The van der Waals surface area contributed by atoms with Gasteiger partial charge in [0.2, 0.25) is 0 Å². The lowest BCUT2D eigenvalue weighted by atomic mass is 9.98. The van der Waals surface area contributed by atoms with E-state index >= 15 is 0 Å². The number of hydrogen-bond donors (Lipinski definition) is 3. The van der Waals surface area contributed by atoms with Gasteiger partial charge in [-0.2, -0.15) is 0 Å². The molecule has 6 atom stereocenters. The van der Waals surface area contributed by atoms with Crippen molar-refractivity contribution < 1.29 is 58.2 Å². The second-order valence-corrected chi connectivity index (χ2v) is 20.9. The molecule has 6 unspecified atom stereocenters. The topological polar surface area (TPSA) is 175 Å². The highest BCUT2D eigenvalue weighted by atomic mass is 16.7. The van der Waals surface area contributed by atoms with E-state index in [2.05, 4.69) is 106 Å². The van der Waals surface area contributed by atoms with Gasteiger partial charge in [0.05, 0.1) is 6.61 Å². The molecule has 3 N–H and O–H groups in total. The average molecular weight is 1110 g/mol. The summed E-state index contributed by atoms with van der Waals surface area (Å²) in [4.78, 5) is 51.2. The summed E-state index contributed by atoms with van der Waals surface area (Å²) < 4.78 is 28.4. The van der Waals surface area contributed by atoms with E-state index in [9.17, 15) is 34.5 Å². The summed E-state index contributed by atoms with van der Waals surface area (Å²) in [5, 5.41) is 31.5. The number of aliphatic carboxylic acids is 1. The molecule has 1 heterocycles. The zero-order valence-electron chi connectivity index (χ0n) is 49.6. The molecule has 0 saturated carbocycles. The van der Waals surface area contributed by atoms with Gasteiger partial charge in [-0.25, -0.2) is 4.79 Å². The summed E-state index contributed by atoms with van der Waals surface area (Å²) in [6.07, 6.45) is 59.5. The fourth-order valence-corrected chi connectivity index (χ4v) is 8.85. The Balaban J connectivity index is 2.71. The lowest BCUT2D eigenvalue weighted by Crippen LogP contribution is -2.61. The van der Waals surface area contributed by atoms with Crippen LogP contribution in [0, 0.1) is 0 Å². The van der Waals surface area contributed by atoms with Crippen LogP contribution in [0.5, 0.6) is 0 Å². The first-order valence-electron chi connectivity index (χ1n) is 31.2. The maximum Gasteiger partial charge on any atom is 0.335 e. The van der Waals surface area contributed by atoms with Crippen molar-refractivity contribution in [3.63, 3.8) is 0 Å². The fraction of sp³-hybridized carbons (Fsp3) is 0.701. The third-order valence-electron chi connectivity index (χ3n) is 13.6. The molecular weight excluding hydrogens is 997 g/mol. The highest BCUT2D eigenvalue weighted by molar-refractivity contribution is 5.74. The Labute approximate surface area is 479 Å². The molecule has 0 radical (unpaired) electrons. The van der Waals surface area contributed by atoms with Crippen LogP contribution in [-0.4, -0.2) is 89.2 Å². The second-order valence-electron chi connectivity index (χ2n) is 20.9. The van der Waals surface area contributed by atoms with Crippen LogP contribution in [-0.2, 0) is 42.9 Å². The van der Waals surface area contributed by atoms with Gasteiger partial charge in [0.1, 0.15) is 18.8 Å². The number of allylic oxidation sites excluding steroid dienone is 16. The van der Waals surface area contributed by atoms with Crippen LogP contribution in [0.15, 0.2) is 97.2 Å². The van der Waals surface area contributed by atoms with E-state index in [0.717, 1.165) is 103 Å². The largest absolute Gasteiger partial charge is 0.479 e. The van der Waals surface area contributed by atoms with Gasteiger partial charge in [-0.1, -0.05) is 221 Å². The minimum atomic E-state index is -1.92. The zero-order valence-corrected chi connectivity index (χ0v) is 49.6. The Morgan fingerprint density at radius 2 is 0.835 bits per heavy atom. The molecule has 1 rings (SSSR count). The van der Waals surface area contributed by atoms with Crippen molar-refractivity contribution in [2.24, 2.45) is 0 Å². The predicted octanol–water partition coefficient (Wildman–Crippen LogP) is 16.5. The van der Waals surface area contributed by atoms with Crippen LogP contribution >= 0.6 is 0 Å². The number of carbonyl (C=O) groups excluding carboxylic acids is 3. The minimum Gasteiger partial charge on any atom is -0.479 e. The first kappa shape index (κ1) is 72.7. The number of aliphatic hydroxyl groups is 2. The summed E-state index contributed by atoms with van der Waals surface area (Å²) >= 11 is 0. The van der Waals surface area contributed by atoms with E-state index in [1.54, 1.807) is 0 Å². The predicted molar refractivity (Wildman–Crippen MR) is 321 cm³/mol. The Kier molecular flexibility index (Phi) is 49.9. The van der Waals surface area contributed by atoms with Gasteiger partial charge in [0.15, 0.2) is 24.6 Å². The average Bonchev–Trinajstić information content (AvgIpc) is 3.46. The quantitative estimate of drug-likeness (QED) is 0.0228. The van der Waals surface area contributed by atoms with E-state index in [4.69, 9.17) is 23.7 Å². The van der Waals surface area contributed by atoms with E-state index < -0.39 is 67.3 Å². The third kappa shape index (κ3) is 44.0. The number of aliphatic hydroxyl groups excluding tert-OH is 2. The number of carboxylic acid groups (broad SMARTS) is 1. The summed E-state index contributed by atoms with van der Waals surface area (Å²) in [6, 6.07) is 0.